The van der Waals surface area contributed by atoms with Crippen LogP contribution in [0.25, 0.3) is 33.6 Å². The largest absolute Gasteiger partial charge is 0.480 e. The number of imidazole rings is 2. The van der Waals surface area contributed by atoms with E-state index in [4.69, 9.17) is 19.4 Å². The minimum Gasteiger partial charge on any atom is -0.480 e. The average molecular weight is 642 g/mol. The summed E-state index contributed by atoms with van der Waals surface area (Å²) in [5, 5.41) is 19.0. The molecule has 47 heavy (non-hydrogen) atoms. The normalized spacial score (nSPS) is 21.4. The van der Waals surface area contributed by atoms with Crippen LogP contribution in [-0.4, -0.2) is 70.1 Å². The van der Waals surface area contributed by atoms with Gasteiger partial charge in [-0.25, -0.2) is 19.6 Å². The third kappa shape index (κ3) is 6.28. The van der Waals surface area contributed by atoms with Crippen molar-refractivity contribution in [2.45, 2.75) is 50.7 Å². The Labute approximate surface area is 271 Å². The van der Waals surface area contributed by atoms with Gasteiger partial charge in [0.25, 0.3) is 0 Å². The molecule has 13 nitrogen and oxygen atoms in total. The van der Waals surface area contributed by atoms with Crippen molar-refractivity contribution < 1.29 is 28.9 Å². The van der Waals surface area contributed by atoms with Crippen molar-refractivity contribution in [2.24, 2.45) is 11.8 Å². The number of methoxy groups -OCH3 is 1. The van der Waals surface area contributed by atoms with Gasteiger partial charge in [-0.2, -0.15) is 0 Å². The number of amides is 1. The lowest BCUT2D eigenvalue weighted by Gasteiger charge is -2.23. The Kier molecular flexibility index (Phi) is 8.56. The highest BCUT2D eigenvalue weighted by Crippen LogP contribution is 2.47. The van der Waals surface area contributed by atoms with Crippen molar-refractivity contribution in [1.82, 2.24) is 35.9 Å². The predicted molar refractivity (Wildman–Crippen MR) is 173 cm³/mol. The molecular formula is C34H39N7O6. The fraction of sp³-hybridized carbons (Fsp3) is 0.412. The molecule has 3 aliphatic rings. The molecule has 0 aliphatic carbocycles. The van der Waals surface area contributed by atoms with Gasteiger partial charge in [-0.15, -0.1) is 0 Å². The maximum Gasteiger partial charge on any atom is 0.407 e. The molecule has 5 heterocycles. The zero-order valence-electron chi connectivity index (χ0n) is 26.3. The van der Waals surface area contributed by atoms with E-state index < -0.39 is 18.1 Å². The molecule has 2 aromatic heterocycles. The summed E-state index contributed by atoms with van der Waals surface area (Å²) >= 11 is 0. The summed E-state index contributed by atoms with van der Waals surface area (Å²) in [6.45, 7) is 3.74. The summed E-state index contributed by atoms with van der Waals surface area (Å²) < 4.78 is 16.5. The van der Waals surface area contributed by atoms with Crippen molar-refractivity contribution in [3.63, 3.8) is 0 Å². The second-order valence-corrected chi connectivity index (χ2v) is 12.5. The standard InChI is InChI=1S/C34H39N7O6/c1-18(28(33(42)43)41-34(44)45-2)12-19-13-25(36-14-19)32-37-15-26(39-32)21-7-5-20(6-8-21)22-9-10-23(30-29(22)46-17-47-30)27-16-38-31(40-27)24-4-3-11-35-24/h5-10,15-16,18-19,24-25,28,35-36H,3-4,11-14,17H2,1-2H3,(H,37,39)(H,38,40)(H,41,44)(H,42,43)/t18?,19?,24-,25-,28-/m0/s1. The van der Waals surface area contributed by atoms with Crippen molar-refractivity contribution in [1.29, 1.82) is 0 Å². The number of carbonyl (C=O) groups excluding carboxylic acids is 1. The molecule has 6 N–H and O–H groups in total. The fourth-order valence-electron chi connectivity index (χ4n) is 6.97. The minimum absolute atomic E-state index is 0.0235. The number of alkyl carbamates (subject to hydrolysis) is 1. The molecule has 7 rings (SSSR count). The number of aliphatic carboxylic acids is 1. The SMILES string of the molecule is COC(=O)N[C@H](C(=O)O)C(C)CC1CN[C@H](c2nc(-c3ccc(-c4ccc(-c5c[nH]c([C@@H]6CCCN6)n5)c5c4OCO5)cc3)c[nH]2)C1. The number of carboxylic acids is 1. The number of nitrogens with one attached hydrogen (secondary N) is 5. The van der Waals surface area contributed by atoms with Gasteiger partial charge in [0, 0.05) is 29.1 Å². The smallest absolute Gasteiger partial charge is 0.407 e. The molecule has 246 valence electrons. The molecule has 5 atom stereocenters. The summed E-state index contributed by atoms with van der Waals surface area (Å²) in [6.07, 6.45) is 6.76. The second kappa shape index (κ2) is 13.1. The lowest BCUT2D eigenvalue weighted by atomic mass is 9.88. The van der Waals surface area contributed by atoms with E-state index in [0.29, 0.717) is 17.9 Å². The van der Waals surface area contributed by atoms with Crippen LogP contribution in [-0.2, 0) is 9.53 Å². The number of fused-ring (bicyclic) bond motifs is 1. The Morgan fingerprint density at radius 1 is 0.957 bits per heavy atom. The number of nitrogens with zero attached hydrogens (tertiary/aromatic N) is 2. The Morgan fingerprint density at radius 3 is 2.36 bits per heavy atom. The number of hydrogen-bond donors (Lipinski definition) is 6. The number of H-pyrrole nitrogens is 2. The summed E-state index contributed by atoms with van der Waals surface area (Å²) in [5.41, 5.74) is 5.51. The summed E-state index contributed by atoms with van der Waals surface area (Å²) in [7, 11) is 1.22. The highest BCUT2D eigenvalue weighted by Gasteiger charge is 2.33. The molecule has 2 fully saturated rings. The molecule has 0 spiro atoms. The van der Waals surface area contributed by atoms with Crippen LogP contribution in [0.1, 0.15) is 56.3 Å². The van der Waals surface area contributed by atoms with Crippen molar-refractivity contribution in [2.75, 3.05) is 27.0 Å². The highest BCUT2D eigenvalue weighted by molar-refractivity contribution is 5.83. The van der Waals surface area contributed by atoms with E-state index in [-0.39, 0.29) is 30.7 Å². The van der Waals surface area contributed by atoms with Crippen molar-refractivity contribution in [3.8, 4) is 45.1 Å². The molecule has 13 heteroatoms. The molecule has 2 saturated heterocycles. The monoisotopic (exact) mass is 641 g/mol. The van der Waals surface area contributed by atoms with E-state index in [2.05, 4.69) is 48.9 Å². The molecule has 0 bridgehead atoms. The summed E-state index contributed by atoms with van der Waals surface area (Å²) in [4.78, 5) is 39.7. The molecule has 0 saturated carbocycles. The van der Waals surface area contributed by atoms with Gasteiger partial charge in [0.05, 0.1) is 30.6 Å². The third-order valence-electron chi connectivity index (χ3n) is 9.42. The van der Waals surface area contributed by atoms with E-state index in [9.17, 15) is 14.7 Å². The Morgan fingerprint density at radius 2 is 1.64 bits per heavy atom. The number of hydrogen-bond acceptors (Lipinski definition) is 9. The third-order valence-corrected chi connectivity index (χ3v) is 9.42. The molecule has 4 aromatic rings. The van der Waals surface area contributed by atoms with Crippen LogP contribution in [0.2, 0.25) is 0 Å². The van der Waals surface area contributed by atoms with Gasteiger partial charge in [-0.3, -0.25) is 0 Å². The first-order valence-electron chi connectivity index (χ1n) is 16.1. The molecule has 0 radical (unpaired) electrons. The number of carbonyl (C=O) groups is 2. The van der Waals surface area contributed by atoms with E-state index in [1.807, 2.05) is 37.5 Å². The van der Waals surface area contributed by atoms with E-state index in [1.54, 1.807) is 0 Å². The van der Waals surface area contributed by atoms with E-state index >= 15 is 0 Å². The maximum atomic E-state index is 11.7. The molecule has 2 aromatic carbocycles. The first kappa shape index (κ1) is 30.8. The van der Waals surface area contributed by atoms with Crippen molar-refractivity contribution >= 4 is 12.1 Å². The first-order valence-corrected chi connectivity index (χ1v) is 16.1. The minimum atomic E-state index is -1.07. The lowest BCUT2D eigenvalue weighted by Crippen LogP contribution is -2.45. The van der Waals surface area contributed by atoms with E-state index in [1.165, 1.54) is 7.11 Å². The Balaban J connectivity index is 1.01. The van der Waals surface area contributed by atoms with Gasteiger partial charge in [-0.1, -0.05) is 31.2 Å². The number of aromatic amines is 2. The summed E-state index contributed by atoms with van der Waals surface area (Å²) in [5.74, 6) is 2.10. The average Bonchev–Trinajstić information content (AvgIpc) is 3.92. The van der Waals surface area contributed by atoms with Gasteiger partial charge in [0.2, 0.25) is 6.79 Å². The summed E-state index contributed by atoms with van der Waals surface area (Å²) in [6, 6.07) is 11.6. The van der Waals surface area contributed by atoms with Gasteiger partial charge in [0.1, 0.15) is 17.7 Å². The Hall–Kier alpha value is -4.88. The van der Waals surface area contributed by atoms with Gasteiger partial charge in [0.15, 0.2) is 11.5 Å². The number of aromatic nitrogens is 4. The highest BCUT2D eigenvalue weighted by atomic mass is 16.7. The lowest BCUT2D eigenvalue weighted by molar-refractivity contribution is -0.140. The van der Waals surface area contributed by atoms with Crippen LogP contribution in [0.15, 0.2) is 48.8 Å². The zero-order valence-corrected chi connectivity index (χ0v) is 26.3. The van der Waals surface area contributed by atoms with Crippen LogP contribution < -0.4 is 25.4 Å². The zero-order chi connectivity index (χ0) is 32.5. The van der Waals surface area contributed by atoms with Crippen LogP contribution in [0.5, 0.6) is 11.5 Å². The quantitative estimate of drug-likeness (QED) is 0.141. The van der Waals surface area contributed by atoms with Crippen LogP contribution in [0.4, 0.5) is 4.79 Å². The van der Waals surface area contributed by atoms with Gasteiger partial charge in [-0.05, 0) is 68.3 Å². The fourth-order valence-corrected chi connectivity index (χ4v) is 6.97. The van der Waals surface area contributed by atoms with Crippen molar-refractivity contribution in [3.05, 3.63) is 60.4 Å². The number of ether oxygens (including phenoxy) is 3. The Bertz CT molecular complexity index is 1750. The van der Waals surface area contributed by atoms with Crippen LogP contribution in [0.3, 0.4) is 0 Å². The molecule has 3 aliphatic heterocycles. The van der Waals surface area contributed by atoms with Crippen LogP contribution in [0, 0.1) is 11.8 Å². The second-order valence-electron chi connectivity index (χ2n) is 12.5. The van der Waals surface area contributed by atoms with Crippen LogP contribution >= 0.6 is 0 Å². The van der Waals surface area contributed by atoms with E-state index in [0.717, 1.165) is 77.6 Å². The number of benzene rings is 2. The predicted octanol–water partition coefficient (Wildman–Crippen LogP) is 4.77. The topological polar surface area (TPSA) is 176 Å². The number of carboxylic acid groups (broad SMARTS) is 1. The number of rotatable bonds is 10. The molecule has 1 amide bonds. The first-order chi connectivity index (χ1) is 22.9. The van der Waals surface area contributed by atoms with Gasteiger partial charge >= 0.3 is 12.1 Å². The van der Waals surface area contributed by atoms with Gasteiger partial charge < -0.3 is 45.2 Å². The molecular weight excluding hydrogens is 602 g/mol. The maximum absolute atomic E-state index is 11.7. The molecule has 2 unspecified atom stereocenters.